The molecule has 2 aromatic carbocycles. The van der Waals surface area contributed by atoms with Gasteiger partial charge in [0.1, 0.15) is 0 Å². The first-order valence-electron chi connectivity index (χ1n) is 10.2. The van der Waals surface area contributed by atoms with E-state index in [2.05, 4.69) is 57.3 Å². The normalized spacial score (nSPS) is 15.4. The van der Waals surface area contributed by atoms with Gasteiger partial charge in [-0.15, -0.1) is 5.10 Å². The topological polar surface area (TPSA) is 59.8 Å². The van der Waals surface area contributed by atoms with Crippen molar-refractivity contribution >= 4 is 38.8 Å². The molecule has 0 atom stereocenters. The molecule has 30 heavy (non-hydrogen) atoms. The van der Waals surface area contributed by atoms with Crippen molar-refractivity contribution in [2.45, 2.75) is 40.5 Å². The van der Waals surface area contributed by atoms with Gasteiger partial charge in [-0.1, -0.05) is 43.4 Å². The van der Waals surface area contributed by atoms with E-state index in [0.717, 1.165) is 33.2 Å². The fourth-order valence-corrected chi connectivity index (χ4v) is 5.27. The van der Waals surface area contributed by atoms with Crippen LogP contribution in [0, 0.1) is 19.3 Å². The van der Waals surface area contributed by atoms with Gasteiger partial charge in [0, 0.05) is 12.1 Å². The van der Waals surface area contributed by atoms with E-state index in [9.17, 15) is 4.79 Å². The van der Waals surface area contributed by atoms with Crippen LogP contribution in [0.25, 0.3) is 15.3 Å². The summed E-state index contributed by atoms with van der Waals surface area (Å²) in [5.41, 5.74) is 5.79. The van der Waals surface area contributed by atoms with Crippen LogP contribution in [0.15, 0.2) is 42.5 Å². The second kappa shape index (κ2) is 6.77. The lowest BCUT2D eigenvalue weighted by atomic mass is 9.76. The zero-order valence-corrected chi connectivity index (χ0v) is 18.4. The average Bonchev–Trinajstić information content (AvgIpc) is 3.21. The first-order chi connectivity index (χ1) is 14.3. The standard InChI is InChI=1S/C24H24N4OS/c1-14-9-15(2)11-16(10-14)25-22-21-18(12-24(3,4)13-19(21)29)28(27-22)23-26-17-7-5-6-8-20(17)30-23/h5-11H,12-13H2,1-4H3,(H,25,27). The monoisotopic (exact) mass is 416 g/mol. The average molecular weight is 417 g/mol. The van der Waals surface area contributed by atoms with Crippen molar-refractivity contribution in [2.75, 3.05) is 5.32 Å². The maximum Gasteiger partial charge on any atom is 0.211 e. The summed E-state index contributed by atoms with van der Waals surface area (Å²) in [4.78, 5) is 17.9. The first-order valence-corrected chi connectivity index (χ1v) is 11.0. The highest BCUT2D eigenvalue weighted by atomic mass is 32.1. The molecule has 6 heteroatoms. The summed E-state index contributed by atoms with van der Waals surface area (Å²) in [5.74, 6) is 0.759. The number of thiazole rings is 1. The van der Waals surface area contributed by atoms with Gasteiger partial charge in [-0.3, -0.25) is 4.79 Å². The Balaban J connectivity index is 1.67. The van der Waals surface area contributed by atoms with Gasteiger partial charge in [0.2, 0.25) is 5.13 Å². The summed E-state index contributed by atoms with van der Waals surface area (Å²) in [6, 6.07) is 14.4. The van der Waals surface area contributed by atoms with Gasteiger partial charge in [-0.2, -0.15) is 0 Å². The highest BCUT2D eigenvalue weighted by Gasteiger charge is 2.37. The van der Waals surface area contributed by atoms with Crippen LogP contribution in [-0.2, 0) is 6.42 Å². The van der Waals surface area contributed by atoms with E-state index in [1.54, 1.807) is 11.3 Å². The molecule has 0 radical (unpaired) electrons. The van der Waals surface area contributed by atoms with E-state index in [-0.39, 0.29) is 11.2 Å². The molecule has 0 saturated heterocycles. The van der Waals surface area contributed by atoms with E-state index in [1.165, 1.54) is 11.1 Å². The molecule has 5 rings (SSSR count). The molecule has 2 aromatic heterocycles. The summed E-state index contributed by atoms with van der Waals surface area (Å²) in [6.07, 6.45) is 1.30. The van der Waals surface area contributed by atoms with Gasteiger partial charge in [0.05, 0.1) is 21.5 Å². The number of aromatic nitrogens is 3. The number of hydrogen-bond donors (Lipinski definition) is 1. The molecule has 0 aliphatic heterocycles. The highest BCUT2D eigenvalue weighted by molar-refractivity contribution is 7.20. The fourth-order valence-electron chi connectivity index (χ4n) is 4.33. The van der Waals surface area contributed by atoms with E-state index in [4.69, 9.17) is 10.1 Å². The summed E-state index contributed by atoms with van der Waals surface area (Å²) < 4.78 is 2.99. The van der Waals surface area contributed by atoms with E-state index >= 15 is 0 Å². The zero-order valence-electron chi connectivity index (χ0n) is 17.6. The lowest BCUT2D eigenvalue weighted by Crippen LogP contribution is -2.28. The number of hydrogen-bond acceptors (Lipinski definition) is 5. The molecule has 0 saturated carbocycles. The molecule has 0 fully saturated rings. The number of nitrogens with zero attached hydrogens (tertiary/aromatic N) is 3. The van der Waals surface area contributed by atoms with Crippen molar-refractivity contribution in [3.8, 4) is 5.13 Å². The number of Topliss-reactive ketones (excluding diaryl/α,β-unsaturated/α-hetero) is 1. The minimum Gasteiger partial charge on any atom is -0.338 e. The Morgan fingerprint density at radius 2 is 1.80 bits per heavy atom. The molecule has 0 unspecified atom stereocenters. The Bertz CT molecular complexity index is 1240. The smallest absolute Gasteiger partial charge is 0.211 e. The predicted octanol–water partition coefficient (Wildman–Crippen LogP) is 6.00. The zero-order chi connectivity index (χ0) is 21.0. The van der Waals surface area contributed by atoms with Crippen molar-refractivity contribution in [1.29, 1.82) is 0 Å². The molecule has 0 bridgehead atoms. The molecular weight excluding hydrogens is 392 g/mol. The Morgan fingerprint density at radius 3 is 2.53 bits per heavy atom. The van der Waals surface area contributed by atoms with Crippen molar-refractivity contribution < 1.29 is 4.79 Å². The Labute approximate surface area is 179 Å². The van der Waals surface area contributed by atoms with Crippen molar-refractivity contribution in [3.05, 3.63) is 64.8 Å². The summed E-state index contributed by atoms with van der Waals surface area (Å²) in [6.45, 7) is 8.42. The van der Waals surface area contributed by atoms with Gasteiger partial charge >= 0.3 is 0 Å². The lowest BCUT2D eigenvalue weighted by molar-refractivity contribution is 0.0912. The van der Waals surface area contributed by atoms with Gasteiger partial charge < -0.3 is 5.32 Å². The Kier molecular flexibility index (Phi) is 4.29. The van der Waals surface area contributed by atoms with Crippen molar-refractivity contribution in [1.82, 2.24) is 14.8 Å². The van der Waals surface area contributed by atoms with Crippen LogP contribution >= 0.6 is 11.3 Å². The maximum absolute atomic E-state index is 13.2. The number of para-hydroxylation sites is 1. The number of fused-ring (bicyclic) bond motifs is 2. The van der Waals surface area contributed by atoms with Crippen LogP contribution in [0.3, 0.4) is 0 Å². The van der Waals surface area contributed by atoms with Crippen LogP contribution in [0.1, 0.15) is 47.4 Å². The molecule has 0 spiro atoms. The predicted molar refractivity (Wildman–Crippen MR) is 122 cm³/mol. The van der Waals surface area contributed by atoms with Crippen LogP contribution in [-0.4, -0.2) is 20.5 Å². The number of carbonyl (C=O) groups excluding carboxylic acids is 1. The largest absolute Gasteiger partial charge is 0.338 e. The number of carbonyl (C=O) groups is 1. The molecule has 0 amide bonds. The number of rotatable bonds is 3. The molecule has 152 valence electrons. The van der Waals surface area contributed by atoms with Crippen molar-refractivity contribution in [3.63, 3.8) is 0 Å². The van der Waals surface area contributed by atoms with E-state index < -0.39 is 0 Å². The van der Waals surface area contributed by atoms with Crippen LogP contribution in [0.2, 0.25) is 0 Å². The van der Waals surface area contributed by atoms with Crippen molar-refractivity contribution in [2.24, 2.45) is 5.41 Å². The van der Waals surface area contributed by atoms with E-state index in [1.807, 2.05) is 22.9 Å². The summed E-state index contributed by atoms with van der Waals surface area (Å²) in [5, 5.41) is 9.08. The van der Waals surface area contributed by atoms with Crippen LogP contribution in [0.4, 0.5) is 11.5 Å². The molecular formula is C24H24N4OS. The third-order valence-corrected chi connectivity index (χ3v) is 6.51. The maximum atomic E-state index is 13.2. The third kappa shape index (κ3) is 3.31. The fraction of sp³-hybridized carbons (Fsp3) is 0.292. The molecule has 1 N–H and O–H groups in total. The highest BCUT2D eigenvalue weighted by Crippen LogP contribution is 2.40. The Hall–Kier alpha value is -2.99. The molecule has 4 aromatic rings. The second-order valence-corrected chi connectivity index (χ2v) is 10.00. The van der Waals surface area contributed by atoms with Gasteiger partial charge in [-0.25, -0.2) is 9.67 Å². The van der Waals surface area contributed by atoms with Gasteiger partial charge in [0.25, 0.3) is 0 Å². The van der Waals surface area contributed by atoms with Crippen LogP contribution in [0.5, 0.6) is 0 Å². The number of anilines is 2. The molecule has 2 heterocycles. The number of nitrogens with one attached hydrogen (secondary N) is 1. The minimum absolute atomic E-state index is 0.101. The quantitative estimate of drug-likeness (QED) is 0.445. The third-order valence-electron chi connectivity index (χ3n) is 5.49. The first kappa shape index (κ1) is 19.0. The Morgan fingerprint density at radius 1 is 1.07 bits per heavy atom. The van der Waals surface area contributed by atoms with Gasteiger partial charge in [0.15, 0.2) is 11.6 Å². The minimum atomic E-state index is -0.101. The molecule has 1 aliphatic rings. The van der Waals surface area contributed by atoms with Gasteiger partial charge in [-0.05, 0) is 61.1 Å². The lowest BCUT2D eigenvalue weighted by Gasteiger charge is -2.28. The SMILES string of the molecule is Cc1cc(C)cc(Nc2nn(-c3nc4ccccc4s3)c3c2C(=O)CC(C)(C)C3)c1. The molecule has 5 nitrogen and oxygen atoms in total. The number of aryl methyl sites for hydroxylation is 2. The second-order valence-electron chi connectivity index (χ2n) is 8.99. The summed E-state index contributed by atoms with van der Waals surface area (Å²) >= 11 is 1.60. The van der Waals surface area contributed by atoms with E-state index in [0.29, 0.717) is 17.8 Å². The number of ketones is 1. The summed E-state index contributed by atoms with van der Waals surface area (Å²) in [7, 11) is 0. The molecule has 1 aliphatic carbocycles. The van der Waals surface area contributed by atoms with Crippen LogP contribution < -0.4 is 5.32 Å². The number of benzene rings is 2.